The summed E-state index contributed by atoms with van der Waals surface area (Å²) in [5, 5.41) is 9.93. The predicted octanol–water partition coefficient (Wildman–Crippen LogP) is 3.37. The van der Waals surface area contributed by atoms with Gasteiger partial charge in [-0.25, -0.2) is 0 Å². The van der Waals surface area contributed by atoms with Crippen LogP contribution >= 0.6 is 23.2 Å². The van der Waals surface area contributed by atoms with Gasteiger partial charge in [0.25, 0.3) is 0 Å². The Hall–Kier alpha value is -1.78. The molecule has 1 amide bonds. The highest BCUT2D eigenvalue weighted by atomic mass is 35.5. The Balaban J connectivity index is 2.09. The van der Waals surface area contributed by atoms with Crippen LogP contribution < -0.4 is 5.32 Å². The predicted molar refractivity (Wildman–Crippen MR) is 72.7 cm³/mol. The lowest BCUT2D eigenvalue weighted by Gasteiger charge is -2.01. The zero-order chi connectivity index (χ0) is 13.0. The van der Waals surface area contributed by atoms with Gasteiger partial charge in [-0.05, 0) is 18.2 Å². The number of aromatic amines is 1. The summed E-state index contributed by atoms with van der Waals surface area (Å²) < 4.78 is 0. The van der Waals surface area contributed by atoms with Crippen molar-refractivity contribution >= 4 is 40.9 Å². The monoisotopic (exact) mass is 281 g/mol. The lowest BCUT2D eigenvalue weighted by molar-refractivity contribution is -0.111. The smallest absolute Gasteiger partial charge is 0.248 e. The molecule has 18 heavy (non-hydrogen) atoms. The summed E-state index contributed by atoms with van der Waals surface area (Å²) in [4.78, 5) is 11.6. The Morgan fingerprint density at radius 1 is 1.33 bits per heavy atom. The first-order valence-corrected chi connectivity index (χ1v) is 5.84. The molecule has 0 bridgehead atoms. The Bertz CT molecular complexity index is 559. The van der Waals surface area contributed by atoms with E-state index in [9.17, 15) is 4.79 Å². The number of anilines is 1. The molecule has 0 saturated heterocycles. The molecular formula is C12H9Cl2N3O. The van der Waals surface area contributed by atoms with Crippen molar-refractivity contribution in [3.8, 4) is 0 Å². The standard InChI is InChI=1S/C12H9Cl2N3O/c13-10-2-1-3-11(14)9(10)4-5-12(18)17-8-6-15-16-7-8/h1-7H,(H,15,16)(H,17,18)/b5-4+. The molecule has 0 unspecified atom stereocenters. The molecule has 0 radical (unpaired) electrons. The van der Waals surface area contributed by atoms with E-state index in [0.717, 1.165) is 0 Å². The van der Waals surface area contributed by atoms with Gasteiger partial charge < -0.3 is 5.32 Å². The first-order valence-electron chi connectivity index (χ1n) is 5.08. The van der Waals surface area contributed by atoms with E-state index < -0.39 is 0 Å². The molecule has 6 heteroatoms. The fourth-order valence-corrected chi connectivity index (χ4v) is 1.86. The van der Waals surface area contributed by atoms with E-state index in [0.29, 0.717) is 21.3 Å². The second-order valence-corrected chi connectivity index (χ2v) is 4.26. The Morgan fingerprint density at radius 3 is 2.67 bits per heavy atom. The molecule has 1 heterocycles. The largest absolute Gasteiger partial charge is 0.320 e. The molecule has 0 aliphatic heterocycles. The number of H-pyrrole nitrogens is 1. The van der Waals surface area contributed by atoms with Gasteiger partial charge in [0.15, 0.2) is 0 Å². The van der Waals surface area contributed by atoms with E-state index in [2.05, 4.69) is 15.5 Å². The quantitative estimate of drug-likeness (QED) is 0.848. The topological polar surface area (TPSA) is 57.8 Å². The number of amides is 1. The van der Waals surface area contributed by atoms with Gasteiger partial charge in [-0.15, -0.1) is 0 Å². The number of benzene rings is 1. The van der Waals surface area contributed by atoms with Crippen LogP contribution in [-0.2, 0) is 4.79 Å². The van der Waals surface area contributed by atoms with Crippen molar-refractivity contribution in [1.29, 1.82) is 0 Å². The maximum Gasteiger partial charge on any atom is 0.248 e. The second-order valence-electron chi connectivity index (χ2n) is 3.44. The molecule has 0 saturated carbocycles. The SMILES string of the molecule is O=C(/C=C/c1c(Cl)cccc1Cl)Nc1cn[nH]c1. The van der Waals surface area contributed by atoms with E-state index in [1.807, 2.05) is 0 Å². The summed E-state index contributed by atoms with van der Waals surface area (Å²) in [5.74, 6) is -0.285. The average Bonchev–Trinajstić information content (AvgIpc) is 2.81. The van der Waals surface area contributed by atoms with Crippen molar-refractivity contribution in [3.05, 3.63) is 52.3 Å². The summed E-state index contributed by atoms with van der Waals surface area (Å²) in [7, 11) is 0. The van der Waals surface area contributed by atoms with Crippen LogP contribution in [0.15, 0.2) is 36.7 Å². The normalized spacial score (nSPS) is 10.8. The van der Waals surface area contributed by atoms with Crippen LogP contribution in [0.3, 0.4) is 0 Å². The molecule has 0 spiro atoms. The third-order valence-electron chi connectivity index (χ3n) is 2.17. The number of aromatic nitrogens is 2. The molecule has 0 fully saturated rings. The van der Waals surface area contributed by atoms with Crippen LogP contribution in [0, 0.1) is 0 Å². The maximum atomic E-state index is 11.6. The van der Waals surface area contributed by atoms with Crippen LogP contribution in [0.25, 0.3) is 6.08 Å². The van der Waals surface area contributed by atoms with Crippen molar-refractivity contribution in [2.24, 2.45) is 0 Å². The summed E-state index contributed by atoms with van der Waals surface area (Å²) in [6, 6.07) is 5.16. The molecular weight excluding hydrogens is 273 g/mol. The Morgan fingerprint density at radius 2 is 2.06 bits per heavy atom. The minimum atomic E-state index is -0.285. The van der Waals surface area contributed by atoms with Crippen molar-refractivity contribution in [2.75, 3.05) is 5.32 Å². The van der Waals surface area contributed by atoms with E-state index in [1.54, 1.807) is 30.5 Å². The molecule has 1 aromatic carbocycles. The van der Waals surface area contributed by atoms with E-state index >= 15 is 0 Å². The van der Waals surface area contributed by atoms with Crippen molar-refractivity contribution in [2.45, 2.75) is 0 Å². The van der Waals surface area contributed by atoms with Gasteiger partial charge >= 0.3 is 0 Å². The molecule has 0 aliphatic rings. The molecule has 1 aromatic heterocycles. The number of rotatable bonds is 3. The number of nitrogens with zero attached hydrogens (tertiary/aromatic N) is 1. The zero-order valence-electron chi connectivity index (χ0n) is 9.15. The molecule has 2 aromatic rings. The van der Waals surface area contributed by atoms with E-state index in [-0.39, 0.29) is 5.91 Å². The van der Waals surface area contributed by atoms with Crippen molar-refractivity contribution in [3.63, 3.8) is 0 Å². The molecule has 92 valence electrons. The summed E-state index contributed by atoms with van der Waals surface area (Å²) in [6.07, 6.45) is 6.02. The van der Waals surface area contributed by atoms with Gasteiger partial charge in [0, 0.05) is 27.9 Å². The van der Waals surface area contributed by atoms with Gasteiger partial charge in [-0.2, -0.15) is 5.10 Å². The molecule has 4 nitrogen and oxygen atoms in total. The highest BCUT2D eigenvalue weighted by Gasteiger charge is 2.03. The molecule has 0 aliphatic carbocycles. The third kappa shape index (κ3) is 3.12. The van der Waals surface area contributed by atoms with Crippen LogP contribution in [0.1, 0.15) is 5.56 Å². The minimum absolute atomic E-state index is 0.285. The van der Waals surface area contributed by atoms with Gasteiger partial charge in [-0.1, -0.05) is 29.3 Å². The number of halogens is 2. The lowest BCUT2D eigenvalue weighted by atomic mass is 10.2. The first-order chi connectivity index (χ1) is 8.66. The van der Waals surface area contributed by atoms with Gasteiger partial charge in [0.1, 0.15) is 0 Å². The number of hydrogen-bond donors (Lipinski definition) is 2. The van der Waals surface area contributed by atoms with Crippen LogP contribution in [0.4, 0.5) is 5.69 Å². The number of hydrogen-bond acceptors (Lipinski definition) is 2. The van der Waals surface area contributed by atoms with Gasteiger partial charge in [0.2, 0.25) is 5.91 Å². The minimum Gasteiger partial charge on any atom is -0.320 e. The van der Waals surface area contributed by atoms with Crippen LogP contribution in [-0.4, -0.2) is 16.1 Å². The number of carbonyl (C=O) groups excluding carboxylic acids is 1. The van der Waals surface area contributed by atoms with Crippen LogP contribution in [0.2, 0.25) is 10.0 Å². The summed E-state index contributed by atoms with van der Waals surface area (Å²) in [5.41, 5.74) is 1.21. The Kier molecular flexibility index (Phi) is 4.02. The number of nitrogens with one attached hydrogen (secondary N) is 2. The van der Waals surface area contributed by atoms with Gasteiger partial charge in [-0.3, -0.25) is 9.89 Å². The average molecular weight is 282 g/mol. The fourth-order valence-electron chi connectivity index (χ4n) is 1.33. The van der Waals surface area contributed by atoms with Crippen molar-refractivity contribution < 1.29 is 4.79 Å². The zero-order valence-corrected chi connectivity index (χ0v) is 10.7. The highest BCUT2D eigenvalue weighted by molar-refractivity contribution is 6.37. The fraction of sp³-hybridized carbons (Fsp3) is 0. The Labute approximate surface area is 114 Å². The second kappa shape index (κ2) is 5.71. The molecule has 0 atom stereocenters. The van der Waals surface area contributed by atoms with Crippen LogP contribution in [0.5, 0.6) is 0 Å². The maximum absolute atomic E-state index is 11.6. The summed E-state index contributed by atoms with van der Waals surface area (Å²) >= 11 is 11.9. The van der Waals surface area contributed by atoms with Gasteiger partial charge in [0.05, 0.1) is 11.9 Å². The first kappa shape index (κ1) is 12.7. The summed E-state index contributed by atoms with van der Waals surface area (Å²) in [6.45, 7) is 0. The highest BCUT2D eigenvalue weighted by Crippen LogP contribution is 2.25. The number of carbonyl (C=O) groups is 1. The molecule has 2 N–H and O–H groups in total. The van der Waals surface area contributed by atoms with Crippen molar-refractivity contribution in [1.82, 2.24) is 10.2 Å². The van der Waals surface area contributed by atoms with E-state index in [4.69, 9.17) is 23.2 Å². The molecule has 2 rings (SSSR count). The van der Waals surface area contributed by atoms with E-state index in [1.165, 1.54) is 12.3 Å². The third-order valence-corrected chi connectivity index (χ3v) is 2.83. The lowest BCUT2D eigenvalue weighted by Crippen LogP contribution is -2.06.